The molecule has 5 nitrogen and oxygen atoms in total. The maximum atomic E-state index is 11.9. The average molecular weight is 323 g/mol. The van der Waals surface area contributed by atoms with E-state index in [0.29, 0.717) is 17.2 Å². The number of nitriles is 1. The number of carbonyl (C=O) groups excluding carboxylic acids is 1. The van der Waals surface area contributed by atoms with E-state index in [4.69, 9.17) is 10.00 Å². The number of benzene rings is 1. The maximum absolute atomic E-state index is 11.9. The smallest absolute Gasteiger partial charge is 0.277 e. The SMILES string of the molecule is C=C(C)[C@@H]1CC=C(C)C(=NNC(=O)COc2ccc(C#N)cc2)C1. The van der Waals surface area contributed by atoms with Crippen LogP contribution >= 0.6 is 0 Å². The van der Waals surface area contributed by atoms with Gasteiger partial charge in [-0.1, -0.05) is 18.2 Å². The Hall–Kier alpha value is -2.87. The molecule has 0 heterocycles. The molecule has 0 aromatic heterocycles. The number of rotatable bonds is 5. The first-order chi connectivity index (χ1) is 11.5. The zero-order valence-electron chi connectivity index (χ0n) is 14.0. The molecule has 1 amide bonds. The number of nitrogens with one attached hydrogen (secondary N) is 1. The Bertz CT molecular complexity index is 724. The van der Waals surface area contributed by atoms with Gasteiger partial charge in [-0.05, 0) is 62.4 Å². The third-order valence-electron chi connectivity index (χ3n) is 3.97. The van der Waals surface area contributed by atoms with E-state index in [9.17, 15) is 4.79 Å². The highest BCUT2D eigenvalue weighted by Crippen LogP contribution is 2.26. The van der Waals surface area contributed by atoms with Gasteiger partial charge in [0.2, 0.25) is 0 Å². The molecule has 0 radical (unpaired) electrons. The van der Waals surface area contributed by atoms with Gasteiger partial charge in [0.1, 0.15) is 5.75 Å². The van der Waals surface area contributed by atoms with Crippen LogP contribution in [0.4, 0.5) is 0 Å². The molecular formula is C19H21N3O2. The Kier molecular flexibility index (Phi) is 5.91. The molecule has 5 heteroatoms. The third-order valence-corrected chi connectivity index (χ3v) is 3.97. The van der Waals surface area contributed by atoms with E-state index in [1.807, 2.05) is 19.9 Å². The van der Waals surface area contributed by atoms with Crippen molar-refractivity contribution in [3.8, 4) is 11.8 Å². The lowest BCUT2D eigenvalue weighted by Crippen LogP contribution is -2.27. The zero-order valence-corrected chi connectivity index (χ0v) is 14.0. The van der Waals surface area contributed by atoms with Crippen LogP contribution in [0.25, 0.3) is 0 Å². The summed E-state index contributed by atoms with van der Waals surface area (Å²) in [6.07, 6.45) is 3.88. The largest absolute Gasteiger partial charge is 0.484 e. The summed E-state index contributed by atoms with van der Waals surface area (Å²) in [5.41, 5.74) is 6.17. The summed E-state index contributed by atoms with van der Waals surface area (Å²) in [7, 11) is 0. The number of amides is 1. The summed E-state index contributed by atoms with van der Waals surface area (Å²) in [5.74, 6) is 0.587. The lowest BCUT2D eigenvalue weighted by molar-refractivity contribution is -0.123. The third kappa shape index (κ3) is 4.82. The first-order valence-electron chi connectivity index (χ1n) is 7.80. The molecule has 0 saturated heterocycles. The predicted molar refractivity (Wildman–Crippen MR) is 93.5 cm³/mol. The molecule has 2 rings (SSSR count). The van der Waals surface area contributed by atoms with E-state index in [0.717, 1.165) is 29.7 Å². The van der Waals surface area contributed by atoms with Gasteiger partial charge in [-0.25, -0.2) is 5.43 Å². The molecular weight excluding hydrogens is 302 g/mol. The van der Waals surface area contributed by atoms with Crippen molar-refractivity contribution in [3.05, 3.63) is 53.6 Å². The summed E-state index contributed by atoms with van der Waals surface area (Å²) < 4.78 is 5.37. The standard InChI is InChI=1S/C19H21N3O2/c1-13(2)16-7-4-14(3)18(10-16)21-22-19(23)12-24-17-8-5-15(11-20)6-9-17/h4-6,8-9,16H,1,7,10,12H2,2-3H3,(H,22,23)/t16-/m1/s1. The van der Waals surface area contributed by atoms with Crippen LogP contribution in [0.5, 0.6) is 5.75 Å². The minimum atomic E-state index is -0.322. The zero-order chi connectivity index (χ0) is 17.5. The number of hydrogen-bond donors (Lipinski definition) is 1. The fourth-order valence-corrected chi connectivity index (χ4v) is 2.36. The van der Waals surface area contributed by atoms with Crippen LogP contribution in [0, 0.1) is 17.2 Å². The number of hydrazone groups is 1. The molecule has 1 N–H and O–H groups in total. The molecule has 1 aliphatic carbocycles. The molecule has 124 valence electrons. The van der Waals surface area contributed by atoms with E-state index in [1.165, 1.54) is 0 Å². The molecule has 0 aliphatic heterocycles. The average Bonchev–Trinajstić information content (AvgIpc) is 2.59. The van der Waals surface area contributed by atoms with E-state index < -0.39 is 0 Å². The monoisotopic (exact) mass is 323 g/mol. The van der Waals surface area contributed by atoms with Crippen molar-refractivity contribution in [2.45, 2.75) is 26.7 Å². The van der Waals surface area contributed by atoms with Gasteiger partial charge in [0.15, 0.2) is 6.61 Å². The first kappa shape index (κ1) is 17.5. The van der Waals surface area contributed by atoms with Crippen molar-refractivity contribution < 1.29 is 9.53 Å². The van der Waals surface area contributed by atoms with E-state index in [2.05, 4.69) is 23.2 Å². The molecule has 0 bridgehead atoms. The maximum Gasteiger partial charge on any atom is 0.277 e. The molecule has 0 saturated carbocycles. The number of nitrogens with zero attached hydrogens (tertiary/aromatic N) is 2. The van der Waals surface area contributed by atoms with E-state index >= 15 is 0 Å². The molecule has 0 spiro atoms. The van der Waals surface area contributed by atoms with Gasteiger partial charge in [0.25, 0.3) is 5.91 Å². The van der Waals surface area contributed by atoms with Crippen molar-refractivity contribution in [2.75, 3.05) is 6.61 Å². The van der Waals surface area contributed by atoms with Crippen LogP contribution in [0.2, 0.25) is 0 Å². The highest BCUT2D eigenvalue weighted by atomic mass is 16.5. The molecule has 24 heavy (non-hydrogen) atoms. The lowest BCUT2D eigenvalue weighted by Gasteiger charge is -2.22. The van der Waals surface area contributed by atoms with Gasteiger partial charge in [-0.2, -0.15) is 10.4 Å². The highest BCUT2D eigenvalue weighted by molar-refractivity contribution is 6.01. The number of ether oxygens (including phenoxy) is 1. The van der Waals surface area contributed by atoms with Crippen LogP contribution in [0.15, 0.2) is 53.2 Å². The van der Waals surface area contributed by atoms with Crippen LogP contribution in [0.3, 0.4) is 0 Å². The molecule has 1 atom stereocenters. The van der Waals surface area contributed by atoms with Gasteiger partial charge >= 0.3 is 0 Å². The fourth-order valence-electron chi connectivity index (χ4n) is 2.36. The van der Waals surface area contributed by atoms with Crippen LogP contribution in [-0.4, -0.2) is 18.2 Å². The van der Waals surface area contributed by atoms with Crippen LogP contribution < -0.4 is 10.2 Å². The number of hydrogen-bond acceptors (Lipinski definition) is 4. The normalized spacial score (nSPS) is 18.5. The molecule has 0 unspecified atom stereocenters. The van der Waals surface area contributed by atoms with Gasteiger partial charge in [0, 0.05) is 0 Å². The second-order valence-electron chi connectivity index (χ2n) is 5.89. The Morgan fingerprint density at radius 3 is 2.79 bits per heavy atom. The number of allylic oxidation sites excluding steroid dienone is 3. The van der Waals surface area contributed by atoms with Crippen molar-refractivity contribution in [1.29, 1.82) is 5.26 Å². The first-order valence-corrected chi connectivity index (χ1v) is 7.80. The second-order valence-corrected chi connectivity index (χ2v) is 5.89. The van der Waals surface area contributed by atoms with Gasteiger partial charge in [-0.15, -0.1) is 0 Å². The van der Waals surface area contributed by atoms with Crippen LogP contribution in [0.1, 0.15) is 32.3 Å². The topological polar surface area (TPSA) is 74.5 Å². The summed E-state index contributed by atoms with van der Waals surface area (Å²) in [6, 6.07) is 8.62. The minimum absolute atomic E-state index is 0.130. The van der Waals surface area contributed by atoms with Crippen molar-refractivity contribution in [3.63, 3.8) is 0 Å². The predicted octanol–water partition coefficient (Wildman–Crippen LogP) is 3.34. The quantitative estimate of drug-likeness (QED) is 0.667. The molecule has 1 aliphatic rings. The summed E-state index contributed by atoms with van der Waals surface area (Å²) in [4.78, 5) is 11.9. The van der Waals surface area contributed by atoms with Crippen molar-refractivity contribution >= 4 is 11.6 Å². The highest BCUT2D eigenvalue weighted by Gasteiger charge is 2.18. The fraction of sp³-hybridized carbons (Fsp3) is 0.316. The van der Waals surface area contributed by atoms with Gasteiger partial charge in [0.05, 0.1) is 17.3 Å². The minimum Gasteiger partial charge on any atom is -0.484 e. The summed E-state index contributed by atoms with van der Waals surface area (Å²) in [6.45, 7) is 7.88. The number of carbonyl (C=O) groups is 1. The summed E-state index contributed by atoms with van der Waals surface area (Å²) in [5, 5.41) is 13.0. The Morgan fingerprint density at radius 1 is 1.46 bits per heavy atom. The Labute approximate surface area is 142 Å². The van der Waals surface area contributed by atoms with Crippen molar-refractivity contribution in [2.24, 2.45) is 11.0 Å². The van der Waals surface area contributed by atoms with Gasteiger partial charge < -0.3 is 4.74 Å². The molecule has 1 aromatic carbocycles. The van der Waals surface area contributed by atoms with Crippen molar-refractivity contribution in [1.82, 2.24) is 5.43 Å². The second kappa shape index (κ2) is 8.11. The molecule has 0 fully saturated rings. The van der Waals surface area contributed by atoms with E-state index in [-0.39, 0.29) is 12.5 Å². The molecule has 1 aromatic rings. The van der Waals surface area contributed by atoms with Gasteiger partial charge in [-0.3, -0.25) is 4.79 Å². The lowest BCUT2D eigenvalue weighted by atomic mass is 9.85. The Morgan fingerprint density at radius 2 is 2.17 bits per heavy atom. The Balaban J connectivity index is 1.87. The van der Waals surface area contributed by atoms with E-state index in [1.54, 1.807) is 24.3 Å². The van der Waals surface area contributed by atoms with Crippen LogP contribution in [-0.2, 0) is 4.79 Å². The summed E-state index contributed by atoms with van der Waals surface area (Å²) >= 11 is 0.